The average molecular weight is 237 g/mol. The quantitative estimate of drug-likeness (QED) is 0.781. The fraction of sp³-hybridized carbons (Fsp3) is 0.462. The van der Waals surface area contributed by atoms with Crippen molar-refractivity contribution in [1.82, 2.24) is 0 Å². The second-order valence-electron chi connectivity index (χ2n) is 3.84. The third kappa shape index (κ3) is 3.56. The number of benzene rings is 1. The number of hydrogen-bond acceptors (Lipinski definition) is 2. The van der Waals surface area contributed by atoms with E-state index in [1.54, 1.807) is 11.9 Å². The standard InChI is InChI=1S/C13H19NOS/c1-3-4-11-5-7-12(8-6-11)14(2)13(15)9-10-16/h5-8,16H,3-4,9-10H2,1-2H3. The molecule has 0 aliphatic heterocycles. The molecule has 0 spiro atoms. The Hall–Kier alpha value is -0.960. The Labute approximate surface area is 103 Å². The highest BCUT2D eigenvalue weighted by Crippen LogP contribution is 2.15. The highest BCUT2D eigenvalue weighted by molar-refractivity contribution is 7.80. The molecule has 88 valence electrons. The van der Waals surface area contributed by atoms with Gasteiger partial charge >= 0.3 is 0 Å². The van der Waals surface area contributed by atoms with Gasteiger partial charge in [0.1, 0.15) is 0 Å². The summed E-state index contributed by atoms with van der Waals surface area (Å²) in [7, 11) is 1.81. The summed E-state index contributed by atoms with van der Waals surface area (Å²) in [5, 5.41) is 0. The molecule has 0 aromatic heterocycles. The molecule has 0 aliphatic rings. The number of aryl methyl sites for hydroxylation is 1. The smallest absolute Gasteiger partial charge is 0.227 e. The third-order valence-electron chi connectivity index (χ3n) is 2.56. The van der Waals surface area contributed by atoms with Gasteiger partial charge in [-0.25, -0.2) is 0 Å². The van der Waals surface area contributed by atoms with E-state index in [0.29, 0.717) is 12.2 Å². The summed E-state index contributed by atoms with van der Waals surface area (Å²) in [5.41, 5.74) is 2.27. The van der Waals surface area contributed by atoms with E-state index in [-0.39, 0.29) is 5.91 Å². The molecule has 0 heterocycles. The predicted molar refractivity (Wildman–Crippen MR) is 72.3 cm³/mol. The van der Waals surface area contributed by atoms with Crippen molar-refractivity contribution in [2.45, 2.75) is 26.2 Å². The van der Waals surface area contributed by atoms with Gasteiger partial charge in [-0.1, -0.05) is 25.5 Å². The first kappa shape index (κ1) is 13.1. The minimum Gasteiger partial charge on any atom is -0.315 e. The van der Waals surface area contributed by atoms with Crippen LogP contribution in [0.2, 0.25) is 0 Å². The van der Waals surface area contributed by atoms with Gasteiger partial charge in [-0.05, 0) is 29.9 Å². The van der Waals surface area contributed by atoms with Crippen molar-refractivity contribution < 1.29 is 4.79 Å². The molecule has 0 bridgehead atoms. The number of thiol groups is 1. The predicted octanol–water partition coefficient (Wildman–Crippen LogP) is 2.92. The monoisotopic (exact) mass is 237 g/mol. The van der Waals surface area contributed by atoms with E-state index >= 15 is 0 Å². The second kappa shape index (κ2) is 6.59. The summed E-state index contributed by atoms with van der Waals surface area (Å²) in [6, 6.07) is 8.18. The van der Waals surface area contributed by atoms with Gasteiger partial charge in [0.15, 0.2) is 0 Å². The van der Waals surface area contributed by atoms with Crippen LogP contribution in [0.25, 0.3) is 0 Å². The number of carbonyl (C=O) groups excluding carboxylic acids is 1. The van der Waals surface area contributed by atoms with Gasteiger partial charge < -0.3 is 4.90 Å². The summed E-state index contributed by atoms with van der Waals surface area (Å²) in [6.45, 7) is 2.16. The van der Waals surface area contributed by atoms with Crippen molar-refractivity contribution in [3.05, 3.63) is 29.8 Å². The Kier molecular flexibility index (Phi) is 5.39. The Morgan fingerprint density at radius 1 is 1.31 bits per heavy atom. The lowest BCUT2D eigenvalue weighted by molar-refractivity contribution is -0.117. The zero-order chi connectivity index (χ0) is 12.0. The molecule has 1 rings (SSSR count). The van der Waals surface area contributed by atoms with Crippen molar-refractivity contribution >= 4 is 24.2 Å². The van der Waals surface area contributed by atoms with Crippen LogP contribution in [0.5, 0.6) is 0 Å². The van der Waals surface area contributed by atoms with Gasteiger partial charge in [-0.15, -0.1) is 0 Å². The van der Waals surface area contributed by atoms with Gasteiger partial charge in [0.2, 0.25) is 5.91 Å². The summed E-state index contributed by atoms with van der Waals surface area (Å²) < 4.78 is 0. The molecule has 0 unspecified atom stereocenters. The summed E-state index contributed by atoms with van der Waals surface area (Å²) in [4.78, 5) is 13.3. The van der Waals surface area contributed by atoms with Crippen LogP contribution in [0.4, 0.5) is 5.69 Å². The molecule has 0 saturated heterocycles. The molecule has 3 heteroatoms. The Morgan fingerprint density at radius 3 is 2.44 bits per heavy atom. The van der Waals surface area contributed by atoms with E-state index < -0.39 is 0 Å². The largest absolute Gasteiger partial charge is 0.315 e. The molecule has 0 atom stereocenters. The summed E-state index contributed by atoms with van der Waals surface area (Å²) in [6.07, 6.45) is 2.72. The van der Waals surface area contributed by atoms with Gasteiger partial charge in [0.05, 0.1) is 0 Å². The van der Waals surface area contributed by atoms with E-state index in [9.17, 15) is 4.79 Å². The maximum absolute atomic E-state index is 11.6. The Morgan fingerprint density at radius 2 is 1.94 bits per heavy atom. The maximum atomic E-state index is 11.6. The second-order valence-corrected chi connectivity index (χ2v) is 4.29. The van der Waals surface area contributed by atoms with Crippen molar-refractivity contribution in [2.75, 3.05) is 17.7 Å². The first-order valence-corrected chi connectivity index (χ1v) is 6.28. The molecule has 0 aliphatic carbocycles. The van der Waals surface area contributed by atoms with Crippen LogP contribution < -0.4 is 4.90 Å². The maximum Gasteiger partial charge on any atom is 0.227 e. The van der Waals surface area contributed by atoms with Gasteiger partial charge in [0.25, 0.3) is 0 Å². The Balaban J connectivity index is 2.69. The van der Waals surface area contributed by atoms with E-state index in [2.05, 4.69) is 31.7 Å². The number of anilines is 1. The number of rotatable bonds is 5. The minimum atomic E-state index is 0.109. The fourth-order valence-corrected chi connectivity index (χ4v) is 1.77. The average Bonchev–Trinajstić information content (AvgIpc) is 2.30. The first-order valence-electron chi connectivity index (χ1n) is 5.65. The lowest BCUT2D eigenvalue weighted by Crippen LogP contribution is -2.26. The summed E-state index contributed by atoms with van der Waals surface area (Å²) >= 11 is 4.06. The van der Waals surface area contributed by atoms with E-state index in [4.69, 9.17) is 0 Å². The molecule has 0 fully saturated rings. The number of amides is 1. The van der Waals surface area contributed by atoms with Crippen LogP contribution in [-0.2, 0) is 11.2 Å². The lowest BCUT2D eigenvalue weighted by atomic mass is 10.1. The molecular formula is C13H19NOS. The van der Waals surface area contributed by atoms with Crippen LogP contribution >= 0.6 is 12.6 Å². The van der Waals surface area contributed by atoms with Gasteiger partial charge in [0, 0.05) is 19.2 Å². The fourth-order valence-electron chi connectivity index (χ4n) is 1.58. The van der Waals surface area contributed by atoms with Crippen molar-refractivity contribution in [2.24, 2.45) is 0 Å². The molecule has 1 aromatic rings. The van der Waals surface area contributed by atoms with Gasteiger partial charge in [-0.3, -0.25) is 4.79 Å². The molecule has 0 N–H and O–H groups in total. The van der Waals surface area contributed by atoms with E-state index in [0.717, 1.165) is 18.5 Å². The van der Waals surface area contributed by atoms with Crippen LogP contribution in [0.1, 0.15) is 25.3 Å². The van der Waals surface area contributed by atoms with Crippen molar-refractivity contribution in [3.63, 3.8) is 0 Å². The first-order chi connectivity index (χ1) is 7.69. The zero-order valence-corrected chi connectivity index (χ0v) is 10.8. The molecule has 1 amide bonds. The molecule has 0 radical (unpaired) electrons. The van der Waals surface area contributed by atoms with E-state index in [1.807, 2.05) is 12.1 Å². The highest BCUT2D eigenvalue weighted by Gasteiger charge is 2.09. The Bertz CT molecular complexity index is 334. The number of nitrogens with zero attached hydrogens (tertiary/aromatic N) is 1. The van der Waals surface area contributed by atoms with Crippen LogP contribution in [-0.4, -0.2) is 18.7 Å². The lowest BCUT2D eigenvalue weighted by Gasteiger charge is -2.17. The molecular weight excluding hydrogens is 218 g/mol. The van der Waals surface area contributed by atoms with E-state index in [1.165, 1.54) is 5.56 Å². The topological polar surface area (TPSA) is 20.3 Å². The zero-order valence-electron chi connectivity index (χ0n) is 9.94. The van der Waals surface area contributed by atoms with Crippen molar-refractivity contribution in [3.8, 4) is 0 Å². The highest BCUT2D eigenvalue weighted by atomic mass is 32.1. The number of hydrogen-bond donors (Lipinski definition) is 1. The SMILES string of the molecule is CCCc1ccc(N(C)C(=O)CCS)cc1. The summed E-state index contributed by atoms with van der Waals surface area (Å²) in [5.74, 6) is 0.704. The van der Waals surface area contributed by atoms with Gasteiger partial charge in [-0.2, -0.15) is 12.6 Å². The molecule has 2 nitrogen and oxygen atoms in total. The third-order valence-corrected chi connectivity index (χ3v) is 2.79. The van der Waals surface area contributed by atoms with Crippen LogP contribution in [0, 0.1) is 0 Å². The molecule has 1 aromatic carbocycles. The molecule has 0 saturated carbocycles. The van der Waals surface area contributed by atoms with Crippen LogP contribution in [0.15, 0.2) is 24.3 Å². The van der Waals surface area contributed by atoms with Crippen molar-refractivity contribution in [1.29, 1.82) is 0 Å². The number of carbonyl (C=O) groups is 1. The molecule has 16 heavy (non-hydrogen) atoms. The normalized spacial score (nSPS) is 10.2. The minimum absolute atomic E-state index is 0.109. The van der Waals surface area contributed by atoms with Crippen LogP contribution in [0.3, 0.4) is 0 Å².